The second-order valence-corrected chi connectivity index (χ2v) is 5.08. The highest BCUT2D eigenvalue weighted by molar-refractivity contribution is 5.88. The van der Waals surface area contributed by atoms with Gasteiger partial charge in [-0.1, -0.05) is 13.8 Å². The Morgan fingerprint density at radius 3 is 2.11 bits per heavy atom. The van der Waals surface area contributed by atoms with Crippen molar-refractivity contribution in [3.8, 4) is 0 Å². The smallest absolute Gasteiger partial charge is 0.305 e. The van der Waals surface area contributed by atoms with Gasteiger partial charge in [0, 0.05) is 12.5 Å². The van der Waals surface area contributed by atoms with Gasteiger partial charge in [-0.2, -0.15) is 0 Å². The average Bonchev–Trinajstić information content (AvgIpc) is 2.24. The normalized spacial score (nSPS) is 16.3. The van der Waals surface area contributed by atoms with Gasteiger partial charge in [-0.05, 0) is 18.8 Å². The van der Waals surface area contributed by atoms with Gasteiger partial charge in [0.2, 0.25) is 0 Å². The molecule has 3 unspecified atom stereocenters. The molecule has 0 bridgehead atoms. The number of hydrogen-bond acceptors (Lipinski definition) is 5. The van der Waals surface area contributed by atoms with Crippen molar-refractivity contribution in [3.05, 3.63) is 0 Å². The summed E-state index contributed by atoms with van der Waals surface area (Å²) >= 11 is 0. The first-order valence-corrected chi connectivity index (χ1v) is 6.17. The van der Waals surface area contributed by atoms with Crippen LogP contribution in [0.15, 0.2) is 0 Å². The molecule has 0 aromatic heterocycles. The molecule has 0 radical (unpaired) electrons. The van der Waals surface area contributed by atoms with Gasteiger partial charge in [0.05, 0.1) is 18.6 Å². The molecule has 0 spiro atoms. The maximum absolute atomic E-state index is 11.6. The van der Waals surface area contributed by atoms with Crippen molar-refractivity contribution in [2.45, 2.75) is 57.7 Å². The van der Waals surface area contributed by atoms with Crippen LogP contribution in [0.25, 0.3) is 0 Å². The second-order valence-electron chi connectivity index (χ2n) is 5.08. The first-order chi connectivity index (χ1) is 8.23. The maximum atomic E-state index is 11.6. The molecule has 0 fully saturated rings. The third-order valence-corrected chi connectivity index (χ3v) is 2.78. The summed E-state index contributed by atoms with van der Waals surface area (Å²) in [6.45, 7) is 4.07. The van der Waals surface area contributed by atoms with Gasteiger partial charge in [-0.3, -0.25) is 9.59 Å². The van der Waals surface area contributed by atoms with E-state index in [2.05, 4.69) is 0 Å². The summed E-state index contributed by atoms with van der Waals surface area (Å²) in [6, 6.07) is -1.73. The zero-order chi connectivity index (χ0) is 14.3. The fourth-order valence-electron chi connectivity index (χ4n) is 1.54. The average molecular weight is 260 g/mol. The summed E-state index contributed by atoms with van der Waals surface area (Å²) in [5, 5.41) is 18.3. The lowest BCUT2D eigenvalue weighted by Crippen LogP contribution is -2.42. The minimum Gasteiger partial charge on any atom is -0.481 e. The number of aliphatic hydroxyl groups excluding tert-OH is 1. The van der Waals surface area contributed by atoms with Crippen molar-refractivity contribution in [3.63, 3.8) is 0 Å². The summed E-state index contributed by atoms with van der Waals surface area (Å²) < 4.78 is 0. The molecule has 0 aliphatic rings. The van der Waals surface area contributed by atoms with E-state index in [1.165, 1.54) is 0 Å². The number of carbonyl (C=O) groups excluding carboxylic acids is 1. The fourth-order valence-corrected chi connectivity index (χ4v) is 1.54. The quantitative estimate of drug-likeness (QED) is 0.457. The maximum Gasteiger partial charge on any atom is 0.305 e. The van der Waals surface area contributed by atoms with Crippen molar-refractivity contribution in [1.82, 2.24) is 0 Å². The summed E-state index contributed by atoms with van der Waals surface area (Å²) in [7, 11) is 0. The van der Waals surface area contributed by atoms with Gasteiger partial charge < -0.3 is 21.7 Å². The van der Waals surface area contributed by atoms with Crippen LogP contribution < -0.4 is 11.5 Å². The summed E-state index contributed by atoms with van der Waals surface area (Å²) in [5.74, 6) is -1.09. The van der Waals surface area contributed by atoms with Crippen molar-refractivity contribution >= 4 is 11.8 Å². The number of ketones is 1. The van der Waals surface area contributed by atoms with Gasteiger partial charge in [0.25, 0.3) is 0 Å². The Bertz CT molecular complexity index is 281. The minimum atomic E-state index is -1.12. The van der Waals surface area contributed by atoms with Gasteiger partial charge in [0.1, 0.15) is 0 Å². The van der Waals surface area contributed by atoms with Crippen molar-refractivity contribution in [2.75, 3.05) is 0 Å². The molecule has 0 saturated heterocycles. The van der Waals surface area contributed by atoms with Crippen molar-refractivity contribution in [1.29, 1.82) is 0 Å². The summed E-state index contributed by atoms with van der Waals surface area (Å²) in [5.41, 5.74) is 11.1. The summed E-state index contributed by atoms with van der Waals surface area (Å²) in [4.78, 5) is 22.0. The van der Waals surface area contributed by atoms with Gasteiger partial charge in [0.15, 0.2) is 5.78 Å². The molecule has 0 amide bonds. The number of carboxylic acid groups (broad SMARTS) is 1. The van der Waals surface area contributed by atoms with Crippen LogP contribution in [0.2, 0.25) is 0 Å². The highest BCUT2D eigenvalue weighted by atomic mass is 16.4. The molecule has 6 N–H and O–H groups in total. The molecule has 0 aromatic carbocycles. The molecular weight excluding hydrogens is 236 g/mol. The number of aliphatic carboxylic acids is 1. The van der Waals surface area contributed by atoms with Crippen LogP contribution in [-0.4, -0.2) is 40.2 Å². The molecule has 6 nitrogen and oxygen atoms in total. The van der Waals surface area contributed by atoms with Crippen LogP contribution in [-0.2, 0) is 9.59 Å². The lowest BCUT2D eigenvalue weighted by molar-refractivity contribution is -0.139. The monoisotopic (exact) mass is 260 g/mol. The van der Waals surface area contributed by atoms with E-state index in [1.807, 2.05) is 13.8 Å². The molecule has 106 valence electrons. The van der Waals surface area contributed by atoms with Crippen LogP contribution in [0, 0.1) is 5.92 Å². The van der Waals surface area contributed by atoms with E-state index in [-0.39, 0.29) is 6.42 Å². The highest BCUT2D eigenvalue weighted by Crippen LogP contribution is 2.11. The molecule has 3 atom stereocenters. The molecule has 0 heterocycles. The standard InChI is InChI=1S/C12H24N2O4/c1-7(2)3-4-10(15)8(13)5-11(16)9(14)6-12(17)18/h7-10,15H,3-6,13-14H2,1-2H3,(H,17,18). The van der Waals surface area contributed by atoms with E-state index in [0.29, 0.717) is 12.3 Å². The SMILES string of the molecule is CC(C)CCC(O)C(N)CC(=O)C(N)CC(=O)O. The van der Waals surface area contributed by atoms with Crippen LogP contribution in [0.1, 0.15) is 39.5 Å². The Hall–Kier alpha value is -0.980. The lowest BCUT2D eigenvalue weighted by Gasteiger charge is -2.20. The lowest BCUT2D eigenvalue weighted by atomic mass is 9.95. The topological polar surface area (TPSA) is 127 Å². The Morgan fingerprint density at radius 2 is 1.67 bits per heavy atom. The Kier molecular flexibility index (Phi) is 7.73. The van der Waals surface area contributed by atoms with Crippen LogP contribution in [0.4, 0.5) is 0 Å². The second kappa shape index (κ2) is 8.18. The molecule has 0 aliphatic heterocycles. The molecular formula is C12H24N2O4. The number of Topliss-reactive ketones (excluding diaryl/α,β-unsaturated/α-hetero) is 1. The van der Waals surface area contributed by atoms with Gasteiger partial charge in [-0.25, -0.2) is 0 Å². The van der Waals surface area contributed by atoms with E-state index in [9.17, 15) is 14.7 Å². The van der Waals surface area contributed by atoms with Gasteiger partial charge >= 0.3 is 5.97 Å². The first kappa shape index (κ1) is 17.0. The molecule has 0 aromatic rings. The summed E-state index contributed by atoms with van der Waals surface area (Å²) in [6.07, 6.45) is 0.0969. The molecule has 6 heteroatoms. The van der Waals surface area contributed by atoms with Crippen LogP contribution in [0.3, 0.4) is 0 Å². The van der Waals surface area contributed by atoms with Gasteiger partial charge in [-0.15, -0.1) is 0 Å². The predicted molar refractivity (Wildman–Crippen MR) is 67.9 cm³/mol. The molecule has 0 aliphatic carbocycles. The zero-order valence-electron chi connectivity index (χ0n) is 11.0. The minimum absolute atomic E-state index is 0.0896. The number of hydrogen-bond donors (Lipinski definition) is 4. The first-order valence-electron chi connectivity index (χ1n) is 6.17. The Morgan fingerprint density at radius 1 is 1.11 bits per heavy atom. The Labute approximate surface area is 107 Å². The van der Waals surface area contributed by atoms with Crippen LogP contribution >= 0.6 is 0 Å². The van der Waals surface area contributed by atoms with E-state index < -0.39 is 36.4 Å². The highest BCUT2D eigenvalue weighted by Gasteiger charge is 2.23. The fraction of sp³-hybridized carbons (Fsp3) is 0.833. The number of rotatable bonds is 9. The largest absolute Gasteiger partial charge is 0.481 e. The van der Waals surface area contributed by atoms with E-state index in [0.717, 1.165) is 6.42 Å². The number of nitrogens with two attached hydrogens (primary N) is 2. The number of aliphatic hydroxyl groups is 1. The Balaban J connectivity index is 4.09. The predicted octanol–water partition coefficient (Wildman–Crippen LogP) is -0.128. The van der Waals surface area contributed by atoms with E-state index >= 15 is 0 Å². The number of carboxylic acids is 1. The third kappa shape index (κ3) is 7.37. The molecule has 0 saturated carbocycles. The molecule has 0 rings (SSSR count). The van der Waals surface area contributed by atoms with Crippen LogP contribution in [0.5, 0.6) is 0 Å². The van der Waals surface area contributed by atoms with Crippen molar-refractivity contribution < 1.29 is 19.8 Å². The number of carbonyl (C=O) groups is 2. The zero-order valence-corrected chi connectivity index (χ0v) is 11.0. The van der Waals surface area contributed by atoms with Crippen molar-refractivity contribution in [2.24, 2.45) is 17.4 Å². The molecule has 18 heavy (non-hydrogen) atoms. The van der Waals surface area contributed by atoms with E-state index in [1.54, 1.807) is 0 Å². The third-order valence-electron chi connectivity index (χ3n) is 2.78. The van der Waals surface area contributed by atoms with E-state index in [4.69, 9.17) is 16.6 Å².